The van der Waals surface area contributed by atoms with Gasteiger partial charge in [-0.05, 0) is 54.6 Å². The van der Waals surface area contributed by atoms with Gasteiger partial charge < -0.3 is 0 Å². The molecule has 0 saturated carbocycles. The van der Waals surface area contributed by atoms with Crippen molar-refractivity contribution in [3.05, 3.63) is 123 Å². The lowest BCUT2D eigenvalue weighted by Crippen LogP contribution is -2.36. The Morgan fingerprint density at radius 1 is 0.900 bits per heavy atom. The van der Waals surface area contributed by atoms with Crippen LogP contribution in [0, 0.1) is 11.6 Å². The number of hydrogen-bond acceptors (Lipinski definition) is 4. The lowest BCUT2D eigenvalue weighted by atomic mass is 10.1. The molecule has 0 radical (unpaired) electrons. The zero-order chi connectivity index (χ0) is 28.6. The molecule has 5 rings (SSSR count). The molecule has 0 N–H and O–H groups in total. The van der Waals surface area contributed by atoms with Gasteiger partial charge >= 0.3 is 0 Å². The third-order valence-corrected chi connectivity index (χ3v) is 7.58. The highest BCUT2D eigenvalue weighted by molar-refractivity contribution is 7.92. The molecule has 6 nitrogen and oxygen atoms in total. The quantitative estimate of drug-likeness (QED) is 0.204. The summed E-state index contributed by atoms with van der Waals surface area (Å²) >= 11 is 12.8. The van der Waals surface area contributed by atoms with E-state index in [1.165, 1.54) is 22.9 Å². The Morgan fingerprint density at radius 3 is 2.30 bits per heavy atom. The molecule has 202 valence electrons. The van der Waals surface area contributed by atoms with Crippen molar-refractivity contribution < 1.29 is 22.0 Å². The average molecular weight is 598 g/mol. The van der Waals surface area contributed by atoms with Crippen molar-refractivity contribution in [3.63, 3.8) is 0 Å². The first-order valence-corrected chi connectivity index (χ1v) is 14.3. The Kier molecular flexibility index (Phi) is 7.46. The number of aromatic nitrogens is 2. The molecule has 11 heteroatoms. The summed E-state index contributed by atoms with van der Waals surface area (Å²) in [4.78, 5) is 13.3. The second-order valence-electron chi connectivity index (χ2n) is 8.76. The largest absolute Gasteiger partial charge is 0.275 e. The van der Waals surface area contributed by atoms with Crippen LogP contribution < -0.4 is 4.31 Å². The average Bonchev–Trinajstić information content (AvgIpc) is 3.26. The molecule has 5 aromatic rings. The lowest BCUT2D eigenvalue weighted by molar-refractivity contribution is 0.100. The van der Waals surface area contributed by atoms with Crippen LogP contribution in [0.25, 0.3) is 28.7 Å². The SMILES string of the molecule is CS(=O)(=O)N(C(=O)c1cc(Cl)c(-n2nc(/C=C/c3ccccc3F)c3cc(Cl)ccc32)cc1F)c1ccccc1. The summed E-state index contributed by atoms with van der Waals surface area (Å²) in [5, 5.41) is 5.50. The fourth-order valence-electron chi connectivity index (χ4n) is 4.19. The van der Waals surface area contributed by atoms with Gasteiger partial charge in [0.05, 0.1) is 39.4 Å². The van der Waals surface area contributed by atoms with E-state index < -0.39 is 33.1 Å². The second-order valence-corrected chi connectivity index (χ2v) is 11.4. The summed E-state index contributed by atoms with van der Waals surface area (Å²) in [5.74, 6) is -2.52. The van der Waals surface area contributed by atoms with Gasteiger partial charge in [0.15, 0.2) is 0 Å². The number of nitrogens with zero attached hydrogens (tertiary/aromatic N) is 3. The molecule has 1 amide bonds. The second kappa shape index (κ2) is 10.8. The van der Waals surface area contributed by atoms with Crippen molar-refractivity contribution in [3.8, 4) is 5.69 Å². The Labute approximate surface area is 238 Å². The molecule has 1 aromatic heterocycles. The van der Waals surface area contributed by atoms with Crippen LogP contribution in [-0.2, 0) is 10.0 Å². The number of carbonyl (C=O) groups is 1. The van der Waals surface area contributed by atoms with Crippen LogP contribution in [0.15, 0.2) is 84.9 Å². The Balaban J connectivity index is 1.61. The zero-order valence-electron chi connectivity index (χ0n) is 20.7. The Morgan fingerprint density at radius 2 is 1.60 bits per heavy atom. The van der Waals surface area contributed by atoms with Crippen molar-refractivity contribution >= 4 is 67.9 Å². The first-order chi connectivity index (χ1) is 19.0. The maximum Gasteiger partial charge on any atom is 0.275 e. The number of sulfonamides is 1. The van der Waals surface area contributed by atoms with Gasteiger partial charge in [-0.3, -0.25) is 4.79 Å². The maximum atomic E-state index is 15.5. The summed E-state index contributed by atoms with van der Waals surface area (Å²) in [7, 11) is -4.11. The predicted molar refractivity (Wildman–Crippen MR) is 154 cm³/mol. The number of amides is 1. The molecule has 40 heavy (non-hydrogen) atoms. The third-order valence-electron chi connectivity index (χ3n) is 6.00. The van der Waals surface area contributed by atoms with E-state index in [-0.39, 0.29) is 16.4 Å². The highest BCUT2D eigenvalue weighted by Gasteiger charge is 2.29. The number of carbonyl (C=O) groups excluding carboxylic acids is 1. The van der Waals surface area contributed by atoms with Gasteiger partial charge in [-0.15, -0.1) is 0 Å². The van der Waals surface area contributed by atoms with Crippen LogP contribution in [-0.4, -0.2) is 30.4 Å². The molecule has 0 atom stereocenters. The smallest absolute Gasteiger partial charge is 0.267 e. The van der Waals surface area contributed by atoms with Gasteiger partial charge in [-0.2, -0.15) is 5.10 Å². The van der Waals surface area contributed by atoms with E-state index in [1.54, 1.807) is 66.7 Å². The van der Waals surface area contributed by atoms with Crippen molar-refractivity contribution in [2.75, 3.05) is 10.6 Å². The minimum absolute atomic E-state index is 0.0517. The van der Waals surface area contributed by atoms with Crippen LogP contribution in [0.4, 0.5) is 14.5 Å². The van der Waals surface area contributed by atoms with Crippen LogP contribution in [0.3, 0.4) is 0 Å². The summed E-state index contributed by atoms with van der Waals surface area (Å²) in [5.41, 5.74) is 0.870. The third kappa shape index (κ3) is 5.36. The summed E-state index contributed by atoms with van der Waals surface area (Å²) < 4.78 is 56.5. The molecule has 0 aliphatic heterocycles. The maximum absolute atomic E-state index is 15.5. The van der Waals surface area contributed by atoms with Crippen molar-refractivity contribution in [1.82, 2.24) is 9.78 Å². The Hall–Kier alpha value is -4.05. The highest BCUT2D eigenvalue weighted by atomic mass is 35.5. The molecule has 0 aliphatic carbocycles. The molecular formula is C29H19Cl2F2N3O3S. The van der Waals surface area contributed by atoms with E-state index in [0.29, 0.717) is 31.5 Å². The van der Waals surface area contributed by atoms with E-state index >= 15 is 4.39 Å². The van der Waals surface area contributed by atoms with E-state index in [0.717, 1.165) is 18.4 Å². The fourth-order valence-corrected chi connectivity index (χ4v) is 5.51. The van der Waals surface area contributed by atoms with E-state index in [4.69, 9.17) is 23.2 Å². The molecule has 0 bridgehead atoms. The number of halogens is 4. The summed E-state index contributed by atoms with van der Waals surface area (Å²) in [6.07, 6.45) is 4.00. The number of hydrogen-bond donors (Lipinski definition) is 0. The minimum atomic E-state index is -4.11. The van der Waals surface area contributed by atoms with Gasteiger partial charge in [0, 0.05) is 22.0 Å². The van der Waals surface area contributed by atoms with Crippen molar-refractivity contribution in [2.24, 2.45) is 0 Å². The van der Waals surface area contributed by atoms with E-state index in [9.17, 15) is 17.6 Å². The zero-order valence-corrected chi connectivity index (χ0v) is 23.1. The first-order valence-electron chi connectivity index (χ1n) is 11.7. The number of rotatable bonds is 6. The number of fused-ring (bicyclic) bond motifs is 1. The van der Waals surface area contributed by atoms with Crippen LogP contribution >= 0.6 is 23.2 Å². The normalized spacial score (nSPS) is 11.8. The molecule has 0 spiro atoms. The molecule has 0 aliphatic rings. The molecular weight excluding hydrogens is 579 g/mol. The van der Waals surface area contributed by atoms with Gasteiger partial charge in [0.25, 0.3) is 5.91 Å². The van der Waals surface area contributed by atoms with Gasteiger partial charge in [0.2, 0.25) is 10.0 Å². The highest BCUT2D eigenvalue weighted by Crippen LogP contribution is 2.32. The van der Waals surface area contributed by atoms with Gasteiger partial charge in [-0.25, -0.2) is 26.2 Å². The first kappa shape index (κ1) is 27.5. The summed E-state index contributed by atoms with van der Waals surface area (Å²) in [6.45, 7) is 0. The van der Waals surface area contributed by atoms with Gasteiger partial charge in [-0.1, -0.05) is 59.6 Å². The molecule has 0 saturated heterocycles. The standard InChI is InChI=1S/C29H19Cl2F2N3O3S/c1-40(38,39)36(20-8-3-2-4-9-20)29(37)21-16-23(31)28(17-25(21)33)35-27-14-12-19(30)15-22(27)26(34-35)13-11-18-7-5-6-10-24(18)32/h2-17H,1H3/b13-11+. The van der Waals surface area contributed by atoms with Crippen molar-refractivity contribution in [2.45, 2.75) is 0 Å². The van der Waals surface area contributed by atoms with Crippen LogP contribution in [0.2, 0.25) is 10.0 Å². The molecule has 1 heterocycles. The van der Waals surface area contributed by atoms with Crippen molar-refractivity contribution in [1.29, 1.82) is 0 Å². The molecule has 0 unspecified atom stereocenters. The minimum Gasteiger partial charge on any atom is -0.267 e. The lowest BCUT2D eigenvalue weighted by Gasteiger charge is -2.21. The monoisotopic (exact) mass is 597 g/mol. The van der Waals surface area contributed by atoms with Crippen LogP contribution in [0.5, 0.6) is 0 Å². The number of para-hydroxylation sites is 1. The fraction of sp³-hybridized carbons (Fsp3) is 0.0345. The topological polar surface area (TPSA) is 72.3 Å². The van der Waals surface area contributed by atoms with E-state index in [2.05, 4.69) is 5.10 Å². The Bertz CT molecular complexity index is 1910. The summed E-state index contributed by atoms with van der Waals surface area (Å²) in [6, 6.07) is 20.8. The number of anilines is 1. The van der Waals surface area contributed by atoms with Gasteiger partial charge in [0.1, 0.15) is 11.6 Å². The predicted octanol–water partition coefficient (Wildman–Crippen LogP) is 7.39. The molecule has 0 fully saturated rings. The molecule has 4 aromatic carbocycles. The number of benzene rings is 4. The van der Waals surface area contributed by atoms with E-state index in [1.807, 2.05) is 0 Å². The van der Waals surface area contributed by atoms with Crippen LogP contribution in [0.1, 0.15) is 21.6 Å².